The maximum atomic E-state index is 11.6. The van der Waals surface area contributed by atoms with E-state index in [0.717, 1.165) is 12.0 Å². The van der Waals surface area contributed by atoms with Gasteiger partial charge in [0.05, 0.1) is 0 Å². The molecule has 1 rings (SSSR count). The number of ketones is 1. The monoisotopic (exact) mass is 222 g/mol. The fourth-order valence-corrected chi connectivity index (χ4v) is 2.19. The second kappa shape index (κ2) is 5.64. The van der Waals surface area contributed by atoms with Gasteiger partial charge in [-0.2, -0.15) is 0 Å². The van der Waals surface area contributed by atoms with Gasteiger partial charge in [-0.05, 0) is 25.7 Å². The van der Waals surface area contributed by atoms with Gasteiger partial charge < -0.3 is 5.11 Å². The zero-order valence-electron chi connectivity index (χ0n) is 9.61. The van der Waals surface area contributed by atoms with E-state index in [2.05, 4.69) is 6.58 Å². The third-order valence-electron chi connectivity index (χ3n) is 2.97. The first-order chi connectivity index (χ1) is 7.50. The van der Waals surface area contributed by atoms with Gasteiger partial charge >= 0.3 is 5.97 Å². The highest BCUT2D eigenvalue weighted by atomic mass is 16.4. The Labute approximate surface area is 95.9 Å². The van der Waals surface area contributed by atoms with E-state index in [1.54, 1.807) is 0 Å². The molecule has 0 saturated heterocycles. The van der Waals surface area contributed by atoms with Crippen LogP contribution in [-0.4, -0.2) is 16.9 Å². The zero-order chi connectivity index (χ0) is 12.1. The van der Waals surface area contributed by atoms with Crippen LogP contribution in [-0.2, 0) is 9.59 Å². The van der Waals surface area contributed by atoms with E-state index in [1.165, 1.54) is 0 Å². The van der Waals surface area contributed by atoms with E-state index < -0.39 is 5.97 Å². The molecule has 0 aromatic rings. The van der Waals surface area contributed by atoms with Crippen molar-refractivity contribution in [2.45, 2.75) is 32.6 Å². The molecule has 88 valence electrons. The first-order valence-electron chi connectivity index (χ1n) is 5.57. The number of carbonyl (C=O) groups is 2. The molecule has 0 bridgehead atoms. The van der Waals surface area contributed by atoms with Crippen molar-refractivity contribution in [2.75, 3.05) is 0 Å². The van der Waals surface area contributed by atoms with E-state index in [-0.39, 0.29) is 24.0 Å². The number of carboxylic acids is 1. The van der Waals surface area contributed by atoms with E-state index in [9.17, 15) is 9.59 Å². The third-order valence-corrected chi connectivity index (χ3v) is 2.97. The van der Waals surface area contributed by atoms with Gasteiger partial charge in [-0.1, -0.05) is 24.3 Å². The molecule has 2 atom stereocenters. The predicted molar refractivity (Wildman–Crippen MR) is 62.0 cm³/mol. The molecule has 0 spiro atoms. The van der Waals surface area contributed by atoms with Crippen LogP contribution in [0, 0.1) is 11.8 Å². The number of carboxylic acid groups (broad SMARTS) is 1. The van der Waals surface area contributed by atoms with Crippen LogP contribution in [0.3, 0.4) is 0 Å². The van der Waals surface area contributed by atoms with Gasteiger partial charge in [-0.3, -0.25) is 9.59 Å². The third kappa shape index (κ3) is 3.65. The van der Waals surface area contributed by atoms with E-state index in [0.29, 0.717) is 12.8 Å². The fourth-order valence-electron chi connectivity index (χ4n) is 2.19. The van der Waals surface area contributed by atoms with Crippen LogP contribution in [0.25, 0.3) is 0 Å². The van der Waals surface area contributed by atoms with Gasteiger partial charge in [0, 0.05) is 18.8 Å². The molecule has 1 N–H and O–H groups in total. The van der Waals surface area contributed by atoms with Crippen LogP contribution in [0.5, 0.6) is 0 Å². The lowest BCUT2D eigenvalue weighted by atomic mass is 9.89. The second-order valence-electron chi connectivity index (χ2n) is 4.45. The SMILES string of the molecule is C=C(C)/C=C\CC1C(=O)CCC1CC(=O)O. The van der Waals surface area contributed by atoms with Crippen LogP contribution >= 0.6 is 0 Å². The summed E-state index contributed by atoms with van der Waals surface area (Å²) in [5.74, 6) is -0.697. The summed E-state index contributed by atoms with van der Waals surface area (Å²) in [7, 11) is 0. The fraction of sp³-hybridized carbons (Fsp3) is 0.538. The number of aliphatic carboxylic acids is 1. The maximum Gasteiger partial charge on any atom is 0.303 e. The van der Waals surface area contributed by atoms with Crippen molar-refractivity contribution in [3.63, 3.8) is 0 Å². The second-order valence-corrected chi connectivity index (χ2v) is 4.45. The number of hydrogen-bond acceptors (Lipinski definition) is 2. The predicted octanol–water partition coefficient (Wildman–Crippen LogP) is 2.58. The average Bonchev–Trinajstić information content (AvgIpc) is 2.48. The van der Waals surface area contributed by atoms with Crippen molar-refractivity contribution in [1.82, 2.24) is 0 Å². The summed E-state index contributed by atoms with van der Waals surface area (Å²) >= 11 is 0. The van der Waals surface area contributed by atoms with Gasteiger partial charge in [0.2, 0.25) is 0 Å². The Morgan fingerprint density at radius 3 is 2.88 bits per heavy atom. The smallest absolute Gasteiger partial charge is 0.303 e. The molecule has 0 amide bonds. The minimum absolute atomic E-state index is 0.0137. The Hall–Kier alpha value is -1.38. The maximum absolute atomic E-state index is 11.6. The van der Waals surface area contributed by atoms with Gasteiger partial charge in [0.25, 0.3) is 0 Å². The van der Waals surface area contributed by atoms with Crippen molar-refractivity contribution in [3.8, 4) is 0 Å². The normalized spacial score (nSPS) is 25.2. The molecule has 3 nitrogen and oxygen atoms in total. The number of carbonyl (C=O) groups excluding carboxylic acids is 1. The lowest BCUT2D eigenvalue weighted by Crippen LogP contribution is -2.17. The molecule has 0 aromatic heterocycles. The van der Waals surface area contributed by atoms with Gasteiger partial charge in [-0.25, -0.2) is 0 Å². The lowest BCUT2D eigenvalue weighted by molar-refractivity contribution is -0.138. The Morgan fingerprint density at radius 1 is 1.62 bits per heavy atom. The quantitative estimate of drug-likeness (QED) is 0.727. The summed E-state index contributed by atoms with van der Waals surface area (Å²) in [5.41, 5.74) is 0.945. The standard InChI is InChI=1S/C13H18O3/c1-9(2)4-3-5-11-10(8-13(15)16)6-7-12(11)14/h3-4,10-11H,1,5-8H2,2H3,(H,15,16)/b4-3-. The van der Waals surface area contributed by atoms with Gasteiger partial charge in [-0.15, -0.1) is 0 Å². The lowest BCUT2D eigenvalue weighted by Gasteiger charge is -2.14. The summed E-state index contributed by atoms with van der Waals surface area (Å²) in [6, 6.07) is 0. The number of rotatable bonds is 5. The largest absolute Gasteiger partial charge is 0.481 e. The molecule has 1 aliphatic rings. The van der Waals surface area contributed by atoms with E-state index >= 15 is 0 Å². The molecular weight excluding hydrogens is 204 g/mol. The highest BCUT2D eigenvalue weighted by molar-refractivity contribution is 5.84. The van der Waals surface area contributed by atoms with Gasteiger partial charge in [0.15, 0.2) is 0 Å². The van der Waals surface area contributed by atoms with Crippen molar-refractivity contribution in [3.05, 3.63) is 24.3 Å². The average molecular weight is 222 g/mol. The van der Waals surface area contributed by atoms with Crippen LogP contribution in [0.2, 0.25) is 0 Å². The Bertz CT molecular complexity index is 328. The Kier molecular flexibility index (Phi) is 4.47. The van der Waals surface area contributed by atoms with Crippen LogP contribution in [0.15, 0.2) is 24.3 Å². The molecule has 1 aliphatic carbocycles. The molecular formula is C13H18O3. The zero-order valence-corrected chi connectivity index (χ0v) is 9.61. The molecule has 0 aliphatic heterocycles. The Balaban J connectivity index is 2.56. The summed E-state index contributed by atoms with van der Waals surface area (Å²) in [5, 5.41) is 8.75. The highest BCUT2D eigenvalue weighted by Crippen LogP contribution is 2.34. The first-order valence-corrected chi connectivity index (χ1v) is 5.57. The highest BCUT2D eigenvalue weighted by Gasteiger charge is 2.34. The van der Waals surface area contributed by atoms with Crippen molar-refractivity contribution in [1.29, 1.82) is 0 Å². The number of allylic oxidation sites excluding steroid dienone is 3. The minimum atomic E-state index is -0.811. The van der Waals surface area contributed by atoms with Crippen LogP contribution in [0.4, 0.5) is 0 Å². The minimum Gasteiger partial charge on any atom is -0.481 e. The van der Waals surface area contributed by atoms with E-state index in [4.69, 9.17) is 5.11 Å². The van der Waals surface area contributed by atoms with Crippen molar-refractivity contribution in [2.24, 2.45) is 11.8 Å². The molecule has 0 aromatic carbocycles. The number of Topliss-reactive ketones (excluding diaryl/α,β-unsaturated/α-hetero) is 1. The molecule has 1 saturated carbocycles. The molecule has 2 unspecified atom stereocenters. The van der Waals surface area contributed by atoms with E-state index in [1.807, 2.05) is 19.1 Å². The summed E-state index contributed by atoms with van der Waals surface area (Å²) in [6.45, 7) is 5.63. The molecule has 1 fully saturated rings. The molecule has 0 radical (unpaired) electrons. The Morgan fingerprint density at radius 2 is 2.31 bits per heavy atom. The summed E-state index contributed by atoms with van der Waals surface area (Å²) in [6.07, 6.45) is 5.80. The number of hydrogen-bond donors (Lipinski definition) is 1. The summed E-state index contributed by atoms with van der Waals surface area (Å²) in [4.78, 5) is 22.2. The molecule has 3 heteroatoms. The molecule has 16 heavy (non-hydrogen) atoms. The van der Waals surface area contributed by atoms with Gasteiger partial charge in [0.1, 0.15) is 5.78 Å². The van der Waals surface area contributed by atoms with Crippen molar-refractivity contribution < 1.29 is 14.7 Å². The topological polar surface area (TPSA) is 54.4 Å². The van der Waals surface area contributed by atoms with Crippen molar-refractivity contribution >= 4 is 11.8 Å². The van der Waals surface area contributed by atoms with Crippen LogP contribution in [0.1, 0.15) is 32.6 Å². The molecule has 0 heterocycles. The summed E-state index contributed by atoms with van der Waals surface area (Å²) < 4.78 is 0. The first kappa shape index (κ1) is 12.7. The van der Waals surface area contributed by atoms with Crippen LogP contribution < -0.4 is 0 Å².